The fourth-order valence-corrected chi connectivity index (χ4v) is 16.0. The molecule has 390 valence electrons. The minimum Gasteiger partial charge on any atom is -0.756 e. The predicted octanol–water partition coefficient (Wildman–Crippen LogP) is 14.7. The SMILES string of the molecule is CCCCCCCCCCCCCCCCCC(=O)OCC(COP(=O)([O-])OCC[N+](C)(C)C)OC(=O)CSS[C@H]1CC[C@@]2(C)C(=CC[C@H]3[C@@H]4CC[C@H]([C@H](C)CCCC(C)C)[C@@]4(C)CC[C@@H]32)C1. The van der Waals surface area contributed by atoms with Gasteiger partial charge in [0.05, 0.1) is 27.7 Å². The Kier molecular flexibility index (Phi) is 26.3. The molecule has 3 saturated carbocycles. The van der Waals surface area contributed by atoms with Crippen molar-refractivity contribution in [2.75, 3.05) is 53.3 Å². The average Bonchev–Trinajstić information content (AvgIpc) is 3.62. The zero-order valence-electron chi connectivity index (χ0n) is 44.3. The molecule has 12 heteroatoms. The number of ether oxygens (including phenoxy) is 2. The molecule has 0 aromatic heterocycles. The molecular weight excluding hydrogens is 898 g/mol. The highest BCUT2D eigenvalue weighted by Crippen LogP contribution is 2.68. The lowest BCUT2D eigenvalue weighted by Crippen LogP contribution is -2.50. The van der Waals surface area contributed by atoms with E-state index in [1.165, 1.54) is 146 Å². The highest BCUT2D eigenvalue weighted by molar-refractivity contribution is 8.77. The minimum absolute atomic E-state index is 0.0339. The molecule has 9 nitrogen and oxygen atoms in total. The van der Waals surface area contributed by atoms with Crippen LogP contribution >= 0.6 is 29.4 Å². The molecule has 4 aliphatic carbocycles. The normalized spacial score (nSPS) is 27.9. The molecule has 3 fully saturated rings. The Bertz CT molecular complexity index is 1520. The number of hydrogen-bond acceptors (Lipinski definition) is 10. The highest BCUT2D eigenvalue weighted by Gasteiger charge is 2.59. The molecule has 4 rings (SSSR count). The zero-order chi connectivity index (χ0) is 48.9. The summed E-state index contributed by atoms with van der Waals surface area (Å²) in [5.74, 6) is 4.18. The van der Waals surface area contributed by atoms with Gasteiger partial charge in [0.15, 0.2) is 6.10 Å². The maximum Gasteiger partial charge on any atom is 0.317 e. The van der Waals surface area contributed by atoms with Crippen LogP contribution < -0.4 is 4.89 Å². The number of nitrogens with zero attached hydrogens (tertiary/aromatic N) is 1. The van der Waals surface area contributed by atoms with Crippen LogP contribution in [0.15, 0.2) is 11.6 Å². The number of unbranched alkanes of at least 4 members (excludes halogenated alkanes) is 14. The van der Waals surface area contributed by atoms with Crippen LogP contribution in [0.2, 0.25) is 0 Å². The molecule has 0 aliphatic heterocycles. The van der Waals surface area contributed by atoms with Crippen LogP contribution in [0.4, 0.5) is 0 Å². The Hall–Kier alpha value is -0.550. The number of likely N-dealkylation sites (N-methyl/N-ethyl adjacent to an activating group) is 1. The third-order valence-corrected chi connectivity index (χ3v) is 20.5. The summed E-state index contributed by atoms with van der Waals surface area (Å²) in [6.07, 6.45) is 34.9. The monoisotopic (exact) mass is 998 g/mol. The first-order valence-corrected chi connectivity index (χ1v) is 31.4. The second kappa shape index (κ2) is 29.8. The van der Waals surface area contributed by atoms with E-state index < -0.39 is 26.5 Å². The summed E-state index contributed by atoms with van der Waals surface area (Å²) in [4.78, 5) is 38.6. The van der Waals surface area contributed by atoms with Crippen molar-refractivity contribution in [3.05, 3.63) is 11.6 Å². The lowest BCUT2D eigenvalue weighted by Gasteiger charge is -2.58. The summed E-state index contributed by atoms with van der Waals surface area (Å²) in [5, 5.41) is 0.431. The number of allylic oxidation sites excluding steroid dienone is 2. The molecule has 0 aromatic rings. The van der Waals surface area contributed by atoms with Gasteiger partial charge in [0.2, 0.25) is 0 Å². The topological polar surface area (TPSA) is 111 Å². The van der Waals surface area contributed by atoms with Crippen molar-refractivity contribution in [1.82, 2.24) is 0 Å². The molecule has 0 heterocycles. The van der Waals surface area contributed by atoms with Gasteiger partial charge < -0.3 is 27.9 Å². The minimum atomic E-state index is -4.67. The number of phosphoric ester groups is 1. The molecule has 0 amide bonds. The second-order valence-corrected chi connectivity index (χ2v) is 27.7. The number of quaternary nitrogens is 1. The largest absolute Gasteiger partial charge is 0.756 e. The van der Waals surface area contributed by atoms with E-state index in [1.54, 1.807) is 16.4 Å². The van der Waals surface area contributed by atoms with E-state index in [9.17, 15) is 19.0 Å². The summed E-state index contributed by atoms with van der Waals surface area (Å²) in [5.41, 5.74) is 2.42. The van der Waals surface area contributed by atoms with E-state index in [0.29, 0.717) is 21.7 Å². The average molecular weight is 999 g/mol. The first kappa shape index (κ1) is 59.0. The third-order valence-electron chi connectivity index (χ3n) is 16.8. The van der Waals surface area contributed by atoms with Crippen LogP contribution in [0.25, 0.3) is 0 Å². The quantitative estimate of drug-likeness (QED) is 0.0152. The molecule has 10 atom stereocenters. The van der Waals surface area contributed by atoms with Crippen molar-refractivity contribution in [3.8, 4) is 0 Å². The molecule has 2 unspecified atom stereocenters. The molecular formula is C55H100NO8PS2. The van der Waals surface area contributed by atoms with Gasteiger partial charge in [0, 0.05) is 11.7 Å². The van der Waals surface area contributed by atoms with E-state index in [1.807, 2.05) is 21.1 Å². The number of carbonyl (C=O) groups excluding carboxylic acids is 2. The Balaban J connectivity index is 1.18. The van der Waals surface area contributed by atoms with Crippen LogP contribution in [-0.2, 0) is 32.7 Å². The van der Waals surface area contributed by atoms with E-state index in [4.69, 9.17) is 18.5 Å². The van der Waals surface area contributed by atoms with Gasteiger partial charge in [-0.3, -0.25) is 14.2 Å². The molecule has 0 aromatic carbocycles. The van der Waals surface area contributed by atoms with Gasteiger partial charge in [-0.15, -0.1) is 0 Å². The number of carbonyl (C=O) groups is 2. The maximum absolute atomic E-state index is 13.2. The van der Waals surface area contributed by atoms with Crippen LogP contribution in [0, 0.1) is 46.3 Å². The third kappa shape index (κ3) is 20.5. The molecule has 4 aliphatic rings. The van der Waals surface area contributed by atoms with E-state index in [-0.39, 0.29) is 36.8 Å². The predicted molar refractivity (Wildman–Crippen MR) is 280 cm³/mol. The van der Waals surface area contributed by atoms with Gasteiger partial charge in [-0.1, -0.05) is 184 Å². The van der Waals surface area contributed by atoms with Crippen LogP contribution in [0.1, 0.15) is 215 Å². The Morgan fingerprint density at radius 1 is 0.791 bits per heavy atom. The summed E-state index contributed by atoms with van der Waals surface area (Å²) < 4.78 is 34.7. The highest BCUT2D eigenvalue weighted by atomic mass is 33.1. The fraction of sp³-hybridized carbons (Fsp3) is 0.927. The number of fused-ring (bicyclic) bond motifs is 5. The summed E-state index contributed by atoms with van der Waals surface area (Å²) in [7, 11) is 4.44. The summed E-state index contributed by atoms with van der Waals surface area (Å²) in [6, 6.07) is 0. The number of rotatable bonds is 35. The van der Waals surface area contributed by atoms with Crippen molar-refractivity contribution in [2.45, 2.75) is 226 Å². The smallest absolute Gasteiger partial charge is 0.317 e. The van der Waals surface area contributed by atoms with Crippen LogP contribution in [0.3, 0.4) is 0 Å². The second-order valence-electron chi connectivity index (χ2n) is 23.6. The van der Waals surface area contributed by atoms with Crippen molar-refractivity contribution in [1.29, 1.82) is 0 Å². The van der Waals surface area contributed by atoms with E-state index >= 15 is 0 Å². The lowest BCUT2D eigenvalue weighted by molar-refractivity contribution is -0.870. The number of phosphoric acid groups is 1. The van der Waals surface area contributed by atoms with Gasteiger partial charge in [0.1, 0.15) is 25.5 Å². The molecule has 67 heavy (non-hydrogen) atoms. The maximum atomic E-state index is 13.2. The van der Waals surface area contributed by atoms with E-state index in [0.717, 1.165) is 67.6 Å². The molecule has 0 bridgehead atoms. The van der Waals surface area contributed by atoms with Crippen LogP contribution in [0.5, 0.6) is 0 Å². The fourth-order valence-electron chi connectivity index (χ4n) is 12.8. The van der Waals surface area contributed by atoms with Gasteiger partial charge >= 0.3 is 11.9 Å². The molecule has 0 saturated heterocycles. The molecule has 0 spiro atoms. The first-order chi connectivity index (χ1) is 31.9. The van der Waals surface area contributed by atoms with Crippen molar-refractivity contribution in [3.63, 3.8) is 0 Å². The van der Waals surface area contributed by atoms with Gasteiger partial charge in [-0.2, -0.15) is 0 Å². The van der Waals surface area contributed by atoms with Crippen molar-refractivity contribution < 1.29 is 42.1 Å². The summed E-state index contributed by atoms with van der Waals surface area (Å²) >= 11 is 0. The molecule has 0 N–H and O–H groups in total. The van der Waals surface area contributed by atoms with Crippen molar-refractivity contribution >= 4 is 41.3 Å². The first-order valence-electron chi connectivity index (χ1n) is 27.6. The van der Waals surface area contributed by atoms with Gasteiger partial charge in [-0.05, 0) is 104 Å². The van der Waals surface area contributed by atoms with Gasteiger partial charge in [-0.25, -0.2) is 0 Å². The number of esters is 2. The Morgan fingerprint density at radius 2 is 1.43 bits per heavy atom. The standard InChI is InChI=1S/C55H100NO8PS2/c1-10-11-12-13-14-15-16-17-18-19-20-21-22-23-24-28-52(57)61-40-46(41-63-65(59,60)62-38-37-56(7,8)9)64-53(58)42-66-67-47-33-35-54(5)45(39-47)29-30-48-50-32-31-49(44(4)27-25-26-43(2)3)55(50,6)36-34-51(48)54/h29,43-44,46-51H,10-28,30-42H2,1-9H3/t44-,46?,47+,48+,49-,50+,51+,54+,55-/m1/s1. The lowest BCUT2D eigenvalue weighted by atomic mass is 9.47. The zero-order valence-corrected chi connectivity index (χ0v) is 46.8. The summed E-state index contributed by atoms with van der Waals surface area (Å²) in [6.45, 7) is 14.5. The Labute approximate surface area is 418 Å². The number of hydrogen-bond donors (Lipinski definition) is 0. The van der Waals surface area contributed by atoms with Crippen molar-refractivity contribution in [2.24, 2.45) is 46.3 Å². The van der Waals surface area contributed by atoms with Crippen LogP contribution in [-0.4, -0.2) is 81.0 Å². The molecule has 0 radical (unpaired) electrons. The Morgan fingerprint density at radius 3 is 2.06 bits per heavy atom. The van der Waals surface area contributed by atoms with E-state index in [2.05, 4.69) is 47.6 Å². The van der Waals surface area contributed by atoms with Gasteiger partial charge in [0.25, 0.3) is 7.82 Å².